The van der Waals surface area contributed by atoms with Gasteiger partial charge in [-0.25, -0.2) is 0 Å². The number of benzene rings is 1. The van der Waals surface area contributed by atoms with E-state index in [1.807, 2.05) is 7.05 Å². The lowest BCUT2D eigenvalue weighted by molar-refractivity contribution is 0.632. The number of aryl methyl sites for hydroxylation is 1. The zero-order valence-electron chi connectivity index (χ0n) is 7.72. The first-order chi connectivity index (χ1) is 5.83. The summed E-state index contributed by atoms with van der Waals surface area (Å²) in [5.41, 5.74) is 2.64. The molecule has 0 saturated heterocycles. The first kappa shape index (κ1) is 9.23. The van der Waals surface area contributed by atoms with E-state index < -0.39 is 0 Å². The van der Waals surface area contributed by atoms with Gasteiger partial charge in [-0.05, 0) is 19.5 Å². The van der Waals surface area contributed by atoms with Crippen LogP contribution < -0.4 is 10.6 Å². The first-order valence-corrected chi connectivity index (χ1v) is 4.24. The van der Waals surface area contributed by atoms with Gasteiger partial charge in [-0.1, -0.05) is 29.8 Å². The second kappa shape index (κ2) is 4.91. The van der Waals surface area contributed by atoms with Crippen LogP contribution in [-0.2, 0) is 6.54 Å². The Kier molecular flexibility index (Phi) is 3.77. The Morgan fingerprint density at radius 1 is 1.17 bits per heavy atom. The average Bonchev–Trinajstić information content (AvgIpc) is 2.09. The van der Waals surface area contributed by atoms with Crippen molar-refractivity contribution in [2.75, 3.05) is 13.7 Å². The SMILES string of the molecule is CNCNCc1ccc(C)cc1. The van der Waals surface area contributed by atoms with E-state index in [1.54, 1.807) is 0 Å². The molecule has 0 spiro atoms. The van der Waals surface area contributed by atoms with Gasteiger partial charge in [0.2, 0.25) is 0 Å². The molecule has 0 saturated carbocycles. The lowest BCUT2D eigenvalue weighted by atomic mass is 10.1. The largest absolute Gasteiger partial charge is 0.308 e. The maximum atomic E-state index is 3.26. The van der Waals surface area contributed by atoms with E-state index >= 15 is 0 Å². The lowest BCUT2D eigenvalue weighted by Gasteiger charge is -2.03. The van der Waals surface area contributed by atoms with Gasteiger partial charge < -0.3 is 10.6 Å². The first-order valence-electron chi connectivity index (χ1n) is 4.24. The van der Waals surface area contributed by atoms with Crippen LogP contribution in [0.4, 0.5) is 0 Å². The molecular formula is C10H16N2. The minimum Gasteiger partial charge on any atom is -0.308 e. The molecule has 1 aromatic rings. The van der Waals surface area contributed by atoms with E-state index in [0.29, 0.717) is 0 Å². The number of hydrogen-bond acceptors (Lipinski definition) is 2. The van der Waals surface area contributed by atoms with Gasteiger partial charge in [-0.15, -0.1) is 0 Å². The van der Waals surface area contributed by atoms with E-state index in [9.17, 15) is 0 Å². The maximum absolute atomic E-state index is 3.26. The van der Waals surface area contributed by atoms with Gasteiger partial charge in [0.15, 0.2) is 0 Å². The Morgan fingerprint density at radius 2 is 1.83 bits per heavy atom. The predicted molar refractivity (Wildman–Crippen MR) is 51.9 cm³/mol. The number of rotatable bonds is 4. The minimum absolute atomic E-state index is 0.855. The predicted octanol–water partition coefficient (Wildman–Crippen LogP) is 1.26. The second-order valence-electron chi connectivity index (χ2n) is 2.94. The molecule has 0 atom stereocenters. The Morgan fingerprint density at radius 3 is 2.42 bits per heavy atom. The lowest BCUT2D eigenvalue weighted by Crippen LogP contribution is -2.25. The fraction of sp³-hybridized carbons (Fsp3) is 0.400. The molecule has 2 heteroatoms. The van der Waals surface area contributed by atoms with Crippen molar-refractivity contribution in [2.24, 2.45) is 0 Å². The summed E-state index contributed by atoms with van der Waals surface area (Å²) in [6.07, 6.45) is 0. The summed E-state index contributed by atoms with van der Waals surface area (Å²) in [4.78, 5) is 0. The van der Waals surface area contributed by atoms with Crippen LogP contribution in [0.2, 0.25) is 0 Å². The third-order valence-electron chi connectivity index (χ3n) is 1.75. The maximum Gasteiger partial charge on any atom is 0.0454 e. The normalized spacial score (nSPS) is 10.2. The highest BCUT2D eigenvalue weighted by Gasteiger charge is 1.89. The monoisotopic (exact) mass is 164 g/mol. The molecule has 12 heavy (non-hydrogen) atoms. The molecule has 2 nitrogen and oxygen atoms in total. The van der Waals surface area contributed by atoms with Gasteiger partial charge in [0.25, 0.3) is 0 Å². The molecule has 0 heterocycles. The van der Waals surface area contributed by atoms with Crippen molar-refractivity contribution in [3.63, 3.8) is 0 Å². The molecule has 0 aliphatic carbocycles. The molecule has 66 valence electrons. The molecule has 0 unspecified atom stereocenters. The van der Waals surface area contributed by atoms with Crippen LogP contribution in [0.5, 0.6) is 0 Å². The smallest absolute Gasteiger partial charge is 0.0454 e. The van der Waals surface area contributed by atoms with Crippen molar-refractivity contribution >= 4 is 0 Å². The summed E-state index contributed by atoms with van der Waals surface area (Å²) in [6, 6.07) is 8.57. The minimum atomic E-state index is 0.855. The molecule has 1 aromatic carbocycles. The van der Waals surface area contributed by atoms with Crippen LogP contribution in [-0.4, -0.2) is 13.7 Å². The quantitative estimate of drug-likeness (QED) is 0.517. The van der Waals surface area contributed by atoms with Gasteiger partial charge in [0.05, 0.1) is 0 Å². The highest BCUT2D eigenvalue weighted by Crippen LogP contribution is 2.01. The van der Waals surface area contributed by atoms with E-state index in [2.05, 4.69) is 41.8 Å². The van der Waals surface area contributed by atoms with E-state index in [-0.39, 0.29) is 0 Å². The Labute approximate surface area is 74.0 Å². The molecule has 0 aliphatic rings. The van der Waals surface area contributed by atoms with Gasteiger partial charge in [0.1, 0.15) is 0 Å². The Bertz CT molecular complexity index is 216. The van der Waals surface area contributed by atoms with Crippen LogP contribution >= 0.6 is 0 Å². The summed E-state index contributed by atoms with van der Waals surface area (Å²) in [5.74, 6) is 0. The van der Waals surface area contributed by atoms with Crippen molar-refractivity contribution in [1.82, 2.24) is 10.6 Å². The van der Waals surface area contributed by atoms with Crippen LogP contribution in [0.25, 0.3) is 0 Å². The third-order valence-corrected chi connectivity index (χ3v) is 1.75. The topological polar surface area (TPSA) is 24.1 Å². The molecule has 2 N–H and O–H groups in total. The number of nitrogens with one attached hydrogen (secondary N) is 2. The van der Waals surface area contributed by atoms with Crippen molar-refractivity contribution in [3.05, 3.63) is 35.4 Å². The van der Waals surface area contributed by atoms with Gasteiger partial charge >= 0.3 is 0 Å². The molecule has 0 radical (unpaired) electrons. The van der Waals surface area contributed by atoms with E-state index in [1.165, 1.54) is 11.1 Å². The Balaban J connectivity index is 2.37. The van der Waals surface area contributed by atoms with Crippen LogP contribution in [0, 0.1) is 6.92 Å². The van der Waals surface area contributed by atoms with Crippen molar-refractivity contribution in [3.8, 4) is 0 Å². The molecule has 0 fully saturated rings. The molecule has 0 aliphatic heterocycles. The zero-order valence-corrected chi connectivity index (χ0v) is 7.72. The third kappa shape index (κ3) is 3.03. The average molecular weight is 164 g/mol. The summed E-state index contributed by atoms with van der Waals surface area (Å²) in [7, 11) is 1.93. The summed E-state index contributed by atoms with van der Waals surface area (Å²) in [6.45, 7) is 3.89. The molecule has 0 bridgehead atoms. The second-order valence-corrected chi connectivity index (χ2v) is 2.94. The number of hydrogen-bond donors (Lipinski definition) is 2. The zero-order chi connectivity index (χ0) is 8.81. The van der Waals surface area contributed by atoms with Crippen molar-refractivity contribution < 1.29 is 0 Å². The molecular weight excluding hydrogens is 148 g/mol. The fourth-order valence-electron chi connectivity index (χ4n) is 1.04. The molecule has 0 amide bonds. The summed E-state index contributed by atoms with van der Waals surface area (Å²) >= 11 is 0. The molecule has 1 rings (SSSR count). The summed E-state index contributed by atoms with van der Waals surface area (Å²) in [5, 5.41) is 6.30. The highest BCUT2D eigenvalue weighted by molar-refractivity contribution is 5.20. The Hall–Kier alpha value is -0.860. The van der Waals surface area contributed by atoms with Crippen LogP contribution in [0.15, 0.2) is 24.3 Å². The highest BCUT2D eigenvalue weighted by atomic mass is 15.0. The van der Waals surface area contributed by atoms with Crippen LogP contribution in [0.3, 0.4) is 0 Å². The van der Waals surface area contributed by atoms with Crippen molar-refractivity contribution in [2.45, 2.75) is 13.5 Å². The summed E-state index contributed by atoms with van der Waals surface area (Å²) < 4.78 is 0. The van der Waals surface area contributed by atoms with Crippen LogP contribution in [0.1, 0.15) is 11.1 Å². The fourth-order valence-corrected chi connectivity index (χ4v) is 1.04. The molecule has 0 aromatic heterocycles. The van der Waals surface area contributed by atoms with E-state index in [0.717, 1.165) is 13.2 Å². The van der Waals surface area contributed by atoms with Gasteiger partial charge in [-0.3, -0.25) is 0 Å². The standard InChI is InChI=1S/C10H16N2/c1-9-3-5-10(6-4-9)7-12-8-11-2/h3-6,11-12H,7-8H2,1-2H3. The van der Waals surface area contributed by atoms with Crippen molar-refractivity contribution in [1.29, 1.82) is 0 Å². The van der Waals surface area contributed by atoms with Gasteiger partial charge in [0, 0.05) is 13.2 Å². The van der Waals surface area contributed by atoms with E-state index in [4.69, 9.17) is 0 Å². The van der Waals surface area contributed by atoms with Gasteiger partial charge in [-0.2, -0.15) is 0 Å².